The van der Waals surface area contributed by atoms with Gasteiger partial charge in [-0.2, -0.15) is 13.2 Å². The van der Waals surface area contributed by atoms with Crippen molar-refractivity contribution >= 4 is 28.2 Å². The van der Waals surface area contributed by atoms with Crippen LogP contribution in [0.2, 0.25) is 0 Å². The van der Waals surface area contributed by atoms with E-state index in [1.54, 1.807) is 12.3 Å². The highest BCUT2D eigenvalue weighted by atomic mass is 32.1. The molecule has 39 heavy (non-hydrogen) atoms. The highest BCUT2D eigenvalue weighted by Crippen LogP contribution is 2.37. The Kier molecular flexibility index (Phi) is 7.43. The van der Waals surface area contributed by atoms with E-state index in [4.69, 9.17) is 14.8 Å². The van der Waals surface area contributed by atoms with Crippen molar-refractivity contribution in [2.75, 3.05) is 0 Å². The maximum atomic E-state index is 13.1. The number of aromatic nitrogens is 2. The Balaban J connectivity index is 1.42. The van der Waals surface area contributed by atoms with Gasteiger partial charge in [0.1, 0.15) is 16.9 Å². The van der Waals surface area contributed by atoms with Gasteiger partial charge in [-0.3, -0.25) is 4.79 Å². The maximum absolute atomic E-state index is 13.1. The summed E-state index contributed by atoms with van der Waals surface area (Å²) < 4.78 is 45.5. The van der Waals surface area contributed by atoms with Gasteiger partial charge < -0.3 is 14.8 Å². The molecule has 1 atom stereocenters. The van der Waals surface area contributed by atoms with E-state index < -0.39 is 17.7 Å². The van der Waals surface area contributed by atoms with Gasteiger partial charge in [0.2, 0.25) is 0 Å². The molecule has 3 aromatic carbocycles. The van der Waals surface area contributed by atoms with Gasteiger partial charge in [0.15, 0.2) is 0 Å². The molecule has 0 aliphatic rings. The number of aliphatic carboxylic acids is 1. The van der Waals surface area contributed by atoms with Crippen molar-refractivity contribution in [3.8, 4) is 16.3 Å². The van der Waals surface area contributed by atoms with Crippen molar-refractivity contribution in [3.63, 3.8) is 0 Å². The van der Waals surface area contributed by atoms with E-state index in [1.807, 2.05) is 49.4 Å². The van der Waals surface area contributed by atoms with Gasteiger partial charge in [-0.05, 0) is 55.2 Å². The second-order valence-corrected chi connectivity index (χ2v) is 10.3. The predicted octanol–water partition coefficient (Wildman–Crippen LogP) is 7.86. The number of fused-ring (bicyclic) bond motifs is 1. The lowest BCUT2D eigenvalue weighted by atomic mass is 10.1. The van der Waals surface area contributed by atoms with Gasteiger partial charge in [-0.15, -0.1) is 11.3 Å². The molecule has 5 nitrogen and oxygen atoms in total. The number of nitrogens with one attached hydrogen (secondary N) is 1. The van der Waals surface area contributed by atoms with Gasteiger partial charge >= 0.3 is 12.1 Å². The minimum atomic E-state index is -4.40. The minimum absolute atomic E-state index is 0.0744. The maximum Gasteiger partial charge on any atom is 0.416 e. The average Bonchev–Trinajstić information content (AvgIpc) is 3.51. The van der Waals surface area contributed by atoms with Crippen molar-refractivity contribution in [2.24, 2.45) is 0 Å². The normalized spacial score (nSPS) is 12.5. The molecule has 5 rings (SSSR count). The number of hydrogen-bond acceptors (Lipinski definition) is 4. The number of carboxylic acid groups (broad SMARTS) is 1. The summed E-state index contributed by atoms with van der Waals surface area (Å²) in [4.78, 5) is 20.0. The second kappa shape index (κ2) is 10.9. The van der Waals surface area contributed by atoms with Crippen LogP contribution in [0.25, 0.3) is 21.5 Å². The Morgan fingerprint density at radius 3 is 2.49 bits per heavy atom. The average molecular weight is 551 g/mol. The van der Waals surface area contributed by atoms with Gasteiger partial charge in [0, 0.05) is 28.7 Å². The number of H-pyrrole nitrogens is 1. The van der Waals surface area contributed by atoms with Crippen LogP contribution in [0.1, 0.15) is 40.3 Å². The van der Waals surface area contributed by atoms with Crippen LogP contribution in [0.4, 0.5) is 13.2 Å². The van der Waals surface area contributed by atoms with Crippen LogP contribution in [0, 0.1) is 0 Å². The van der Waals surface area contributed by atoms with E-state index in [1.165, 1.54) is 23.5 Å². The molecule has 0 aliphatic carbocycles. The third kappa shape index (κ3) is 6.15. The summed E-state index contributed by atoms with van der Waals surface area (Å²) in [5, 5.41) is 10.6. The molecular weight excluding hydrogens is 525 g/mol. The van der Waals surface area contributed by atoms with Crippen LogP contribution in [-0.2, 0) is 30.2 Å². The van der Waals surface area contributed by atoms with Crippen LogP contribution in [0.15, 0.2) is 79.0 Å². The number of aromatic amines is 1. The van der Waals surface area contributed by atoms with Crippen molar-refractivity contribution in [1.29, 1.82) is 0 Å². The molecule has 0 saturated carbocycles. The molecule has 0 spiro atoms. The van der Waals surface area contributed by atoms with Crippen LogP contribution in [0.5, 0.6) is 5.75 Å². The summed E-state index contributed by atoms with van der Waals surface area (Å²) in [5.41, 5.74) is 3.40. The lowest BCUT2D eigenvalue weighted by Crippen LogP contribution is -2.05. The molecular formula is C30H25F3N2O3S. The second-order valence-electron chi connectivity index (χ2n) is 9.24. The predicted molar refractivity (Wildman–Crippen MR) is 145 cm³/mol. The number of carbonyl (C=O) groups is 1. The van der Waals surface area contributed by atoms with Crippen molar-refractivity contribution in [3.05, 3.63) is 106 Å². The number of thiazole rings is 1. The fourth-order valence-corrected chi connectivity index (χ4v) is 5.60. The van der Waals surface area contributed by atoms with E-state index in [0.717, 1.165) is 45.6 Å². The number of hydrogen-bond donors (Lipinski definition) is 2. The molecule has 0 aliphatic heterocycles. The molecule has 5 aromatic rings. The Morgan fingerprint density at radius 2 is 1.79 bits per heavy atom. The SMILES string of the molecule is C[C@@H](Oc1ccc2c(CC(=O)O)c[nH]c2c1)c1sc(-c2ccc(C(F)(F)F)cc2)nc1CCc1ccccc1. The smallest absolute Gasteiger partial charge is 0.416 e. The fourth-order valence-electron chi connectivity index (χ4n) is 4.50. The molecule has 0 bridgehead atoms. The van der Waals surface area contributed by atoms with Gasteiger partial charge in [-0.1, -0.05) is 42.5 Å². The number of nitrogens with zero attached hydrogens (tertiary/aromatic N) is 1. The standard InChI is InChI=1S/C30H25F3N2O3S/c1-18(38-23-12-13-24-21(15-27(36)37)17-34-26(24)16-23)28-25(14-7-19-5-3-2-4-6-19)35-29(39-28)20-8-10-22(11-9-20)30(31,32)33/h2-6,8-13,16-18,34H,7,14-15H2,1H3,(H,36,37)/t18-/m1/s1. The number of alkyl halides is 3. The number of halogens is 3. The van der Waals surface area contributed by atoms with E-state index >= 15 is 0 Å². The molecule has 0 amide bonds. The highest BCUT2D eigenvalue weighted by molar-refractivity contribution is 7.15. The molecule has 0 fully saturated rings. The molecule has 9 heteroatoms. The number of aryl methyl sites for hydroxylation is 2. The van der Waals surface area contributed by atoms with Gasteiger partial charge in [0.25, 0.3) is 0 Å². The van der Waals surface area contributed by atoms with Crippen molar-refractivity contribution < 1.29 is 27.8 Å². The third-order valence-electron chi connectivity index (χ3n) is 6.44. The van der Waals surface area contributed by atoms with Crippen molar-refractivity contribution in [2.45, 2.75) is 38.5 Å². The zero-order chi connectivity index (χ0) is 27.6. The number of ether oxygens (including phenoxy) is 1. The summed E-state index contributed by atoms with van der Waals surface area (Å²) >= 11 is 1.41. The number of carboxylic acids is 1. The lowest BCUT2D eigenvalue weighted by molar-refractivity contribution is -0.138. The van der Waals surface area contributed by atoms with Crippen LogP contribution in [-0.4, -0.2) is 21.0 Å². The molecule has 2 N–H and O–H groups in total. The molecule has 200 valence electrons. The first-order chi connectivity index (χ1) is 18.7. The van der Waals surface area contributed by atoms with E-state index in [9.17, 15) is 18.0 Å². The van der Waals surface area contributed by atoms with Crippen molar-refractivity contribution in [1.82, 2.24) is 9.97 Å². The summed E-state index contributed by atoms with van der Waals surface area (Å²) in [6.07, 6.45) is -1.75. The lowest BCUT2D eigenvalue weighted by Gasteiger charge is -2.15. The Hall–Kier alpha value is -4.11. The van der Waals surface area contributed by atoms with E-state index in [0.29, 0.717) is 28.3 Å². The zero-order valence-electron chi connectivity index (χ0n) is 21.0. The summed E-state index contributed by atoms with van der Waals surface area (Å²) in [5.74, 6) is -0.292. The molecule has 0 saturated heterocycles. The Bertz CT molecular complexity index is 1590. The van der Waals surface area contributed by atoms with Gasteiger partial charge in [0.05, 0.1) is 22.6 Å². The first-order valence-corrected chi connectivity index (χ1v) is 13.2. The fraction of sp³-hybridized carbons (Fsp3) is 0.200. The summed E-state index contributed by atoms with van der Waals surface area (Å²) in [6.45, 7) is 1.92. The number of benzene rings is 3. The first-order valence-electron chi connectivity index (χ1n) is 12.4. The van der Waals surface area contributed by atoms with E-state index in [-0.39, 0.29) is 12.5 Å². The Labute approximate surface area is 226 Å². The third-order valence-corrected chi connectivity index (χ3v) is 7.75. The molecule has 2 heterocycles. The van der Waals surface area contributed by atoms with Gasteiger partial charge in [-0.25, -0.2) is 4.98 Å². The summed E-state index contributed by atoms with van der Waals surface area (Å²) in [7, 11) is 0. The largest absolute Gasteiger partial charge is 0.485 e. The quantitative estimate of drug-likeness (QED) is 0.196. The first kappa shape index (κ1) is 26.5. The molecule has 0 radical (unpaired) electrons. The summed E-state index contributed by atoms with van der Waals surface area (Å²) in [6, 6.07) is 20.5. The number of rotatable bonds is 9. The van der Waals surface area contributed by atoms with Crippen LogP contribution < -0.4 is 4.74 Å². The van der Waals surface area contributed by atoms with Crippen LogP contribution >= 0.6 is 11.3 Å². The Morgan fingerprint density at radius 1 is 1.05 bits per heavy atom. The topological polar surface area (TPSA) is 75.2 Å². The molecule has 0 unspecified atom stereocenters. The highest BCUT2D eigenvalue weighted by Gasteiger charge is 2.30. The minimum Gasteiger partial charge on any atom is -0.485 e. The monoisotopic (exact) mass is 550 g/mol. The molecule has 2 aromatic heterocycles. The van der Waals surface area contributed by atoms with Crippen LogP contribution in [0.3, 0.4) is 0 Å². The zero-order valence-corrected chi connectivity index (χ0v) is 21.8. The van der Waals surface area contributed by atoms with E-state index in [2.05, 4.69) is 4.98 Å².